The van der Waals surface area contributed by atoms with Crippen LogP contribution in [-0.2, 0) is 18.2 Å². The number of aryl methyl sites for hydroxylation is 2. The summed E-state index contributed by atoms with van der Waals surface area (Å²) in [5.41, 5.74) is 2.36. The van der Waals surface area contributed by atoms with Crippen LogP contribution in [-0.4, -0.2) is 35.1 Å². The number of nitrogens with zero attached hydrogens (tertiary/aromatic N) is 2. The lowest BCUT2D eigenvalue weighted by atomic mass is 10.0. The molecule has 0 fully saturated rings. The van der Waals surface area contributed by atoms with Gasteiger partial charge in [-0.2, -0.15) is 5.10 Å². The van der Waals surface area contributed by atoms with Crippen molar-refractivity contribution in [2.24, 2.45) is 7.05 Å². The van der Waals surface area contributed by atoms with Crippen LogP contribution in [0.4, 0.5) is 0 Å². The van der Waals surface area contributed by atoms with E-state index < -0.39 is 0 Å². The van der Waals surface area contributed by atoms with Gasteiger partial charge in [-0.3, -0.25) is 4.68 Å². The lowest BCUT2D eigenvalue weighted by Crippen LogP contribution is -2.43. The monoisotopic (exact) mass is 281 g/mol. The van der Waals surface area contributed by atoms with Crippen molar-refractivity contribution in [3.63, 3.8) is 0 Å². The van der Waals surface area contributed by atoms with Crippen LogP contribution in [0.15, 0.2) is 6.07 Å². The van der Waals surface area contributed by atoms with Gasteiger partial charge in [0, 0.05) is 31.8 Å². The number of ether oxygens (including phenoxy) is 1. The van der Waals surface area contributed by atoms with Gasteiger partial charge in [0.25, 0.3) is 0 Å². The largest absolute Gasteiger partial charge is 0.377 e. The van der Waals surface area contributed by atoms with Gasteiger partial charge in [0.2, 0.25) is 0 Å². The molecule has 1 aromatic rings. The summed E-state index contributed by atoms with van der Waals surface area (Å²) in [4.78, 5) is 0. The highest BCUT2D eigenvalue weighted by Crippen LogP contribution is 2.14. The quantitative estimate of drug-likeness (QED) is 0.717. The zero-order valence-corrected chi connectivity index (χ0v) is 13.8. The van der Waals surface area contributed by atoms with E-state index in [1.165, 1.54) is 5.69 Å². The van der Waals surface area contributed by atoms with Gasteiger partial charge >= 0.3 is 0 Å². The van der Waals surface area contributed by atoms with Gasteiger partial charge in [-0.15, -0.1) is 0 Å². The molecule has 2 atom stereocenters. The second kappa shape index (κ2) is 9.14. The predicted molar refractivity (Wildman–Crippen MR) is 84.1 cm³/mol. The van der Waals surface area contributed by atoms with E-state index in [4.69, 9.17) is 4.74 Å². The topological polar surface area (TPSA) is 39.1 Å². The van der Waals surface area contributed by atoms with Crippen molar-refractivity contribution in [2.75, 3.05) is 13.2 Å². The Balaban J connectivity index is 2.78. The summed E-state index contributed by atoms with van der Waals surface area (Å²) in [5, 5.41) is 8.10. The molecule has 116 valence electrons. The van der Waals surface area contributed by atoms with Crippen molar-refractivity contribution in [2.45, 2.75) is 65.5 Å². The third kappa shape index (κ3) is 5.25. The molecule has 0 aliphatic heterocycles. The van der Waals surface area contributed by atoms with Crippen LogP contribution in [0.25, 0.3) is 0 Å². The molecule has 1 heterocycles. The first-order valence-electron chi connectivity index (χ1n) is 7.96. The average molecular weight is 281 g/mol. The molecule has 0 spiro atoms. The minimum absolute atomic E-state index is 0.284. The van der Waals surface area contributed by atoms with Gasteiger partial charge in [-0.1, -0.05) is 20.3 Å². The normalized spacial score (nSPS) is 14.4. The van der Waals surface area contributed by atoms with Crippen LogP contribution in [0.2, 0.25) is 0 Å². The minimum Gasteiger partial charge on any atom is -0.377 e. The molecule has 4 nitrogen and oxygen atoms in total. The van der Waals surface area contributed by atoms with Gasteiger partial charge in [0.05, 0.1) is 11.8 Å². The maximum Gasteiger partial charge on any atom is 0.0731 e. The lowest BCUT2D eigenvalue weighted by Gasteiger charge is -2.28. The molecule has 0 aromatic carbocycles. The van der Waals surface area contributed by atoms with E-state index in [2.05, 4.69) is 37.3 Å². The van der Waals surface area contributed by atoms with E-state index >= 15 is 0 Å². The summed E-state index contributed by atoms with van der Waals surface area (Å²) in [7, 11) is 2.02. The molecular weight excluding hydrogens is 250 g/mol. The maximum atomic E-state index is 5.97. The molecule has 0 bridgehead atoms. The Bertz CT molecular complexity index is 370. The SMILES string of the molecule is CCCNC(Cc1cc(C)nn1C)C(CCC)OCC. The molecule has 0 aliphatic carbocycles. The van der Waals surface area contributed by atoms with Gasteiger partial charge in [0.15, 0.2) is 0 Å². The van der Waals surface area contributed by atoms with Crippen LogP contribution >= 0.6 is 0 Å². The smallest absolute Gasteiger partial charge is 0.0731 e. The minimum atomic E-state index is 0.284. The molecule has 4 heteroatoms. The van der Waals surface area contributed by atoms with Crippen LogP contribution in [0.1, 0.15) is 51.4 Å². The first-order valence-corrected chi connectivity index (χ1v) is 7.96. The molecule has 2 unspecified atom stereocenters. The van der Waals surface area contributed by atoms with Crippen molar-refractivity contribution in [1.29, 1.82) is 0 Å². The van der Waals surface area contributed by atoms with Gasteiger partial charge in [0.1, 0.15) is 0 Å². The fraction of sp³-hybridized carbons (Fsp3) is 0.812. The van der Waals surface area contributed by atoms with Crippen LogP contribution in [0, 0.1) is 6.92 Å². The fourth-order valence-corrected chi connectivity index (χ4v) is 2.64. The lowest BCUT2D eigenvalue weighted by molar-refractivity contribution is 0.0277. The van der Waals surface area contributed by atoms with Gasteiger partial charge in [-0.25, -0.2) is 0 Å². The molecule has 1 N–H and O–H groups in total. The van der Waals surface area contributed by atoms with E-state index in [1.54, 1.807) is 0 Å². The van der Waals surface area contributed by atoms with Gasteiger partial charge < -0.3 is 10.1 Å². The Kier molecular flexibility index (Phi) is 7.85. The summed E-state index contributed by atoms with van der Waals surface area (Å²) < 4.78 is 7.96. The third-order valence-electron chi connectivity index (χ3n) is 3.59. The Morgan fingerprint density at radius 2 is 2.05 bits per heavy atom. The second-order valence-corrected chi connectivity index (χ2v) is 5.45. The Morgan fingerprint density at radius 3 is 2.55 bits per heavy atom. The first kappa shape index (κ1) is 17.2. The molecule has 0 saturated carbocycles. The average Bonchev–Trinajstić information content (AvgIpc) is 2.72. The fourth-order valence-electron chi connectivity index (χ4n) is 2.64. The standard InChI is InChI=1S/C16H31N3O/c1-6-9-16(20-8-3)15(17-10-7-2)12-14-11-13(4)18-19(14)5/h11,15-17H,6-10,12H2,1-5H3. The van der Waals surface area contributed by atoms with Crippen molar-refractivity contribution in [3.8, 4) is 0 Å². The summed E-state index contributed by atoms with van der Waals surface area (Å²) in [6.07, 6.45) is 4.66. The molecule has 0 radical (unpaired) electrons. The number of rotatable bonds is 10. The van der Waals surface area contributed by atoms with E-state index in [0.717, 1.165) is 44.5 Å². The number of aromatic nitrogens is 2. The summed E-state index contributed by atoms with van der Waals surface area (Å²) in [6, 6.07) is 2.54. The second-order valence-electron chi connectivity index (χ2n) is 5.45. The van der Waals surface area contributed by atoms with Gasteiger partial charge in [-0.05, 0) is 39.3 Å². The van der Waals surface area contributed by atoms with Crippen molar-refractivity contribution < 1.29 is 4.74 Å². The van der Waals surface area contributed by atoms with E-state index in [9.17, 15) is 0 Å². The highest BCUT2D eigenvalue weighted by Gasteiger charge is 2.22. The Morgan fingerprint density at radius 1 is 1.30 bits per heavy atom. The number of hydrogen-bond acceptors (Lipinski definition) is 3. The van der Waals surface area contributed by atoms with Crippen molar-refractivity contribution in [3.05, 3.63) is 17.5 Å². The first-order chi connectivity index (χ1) is 9.62. The highest BCUT2D eigenvalue weighted by molar-refractivity contribution is 5.10. The van der Waals surface area contributed by atoms with E-state index in [-0.39, 0.29) is 6.10 Å². The zero-order chi connectivity index (χ0) is 15.0. The summed E-state index contributed by atoms with van der Waals surface area (Å²) in [6.45, 7) is 10.4. The molecule has 0 saturated heterocycles. The molecule has 1 aromatic heterocycles. The molecule has 0 amide bonds. The van der Waals surface area contributed by atoms with E-state index in [0.29, 0.717) is 6.04 Å². The Hall–Kier alpha value is -0.870. The van der Waals surface area contributed by atoms with Crippen LogP contribution in [0.5, 0.6) is 0 Å². The summed E-state index contributed by atoms with van der Waals surface area (Å²) in [5.74, 6) is 0. The molecule has 1 rings (SSSR count). The zero-order valence-electron chi connectivity index (χ0n) is 13.8. The van der Waals surface area contributed by atoms with E-state index in [1.807, 2.05) is 18.7 Å². The van der Waals surface area contributed by atoms with Crippen LogP contribution < -0.4 is 5.32 Å². The van der Waals surface area contributed by atoms with Crippen molar-refractivity contribution >= 4 is 0 Å². The Labute approximate surface area is 123 Å². The maximum absolute atomic E-state index is 5.97. The summed E-state index contributed by atoms with van der Waals surface area (Å²) >= 11 is 0. The molecular formula is C16H31N3O. The predicted octanol–water partition coefficient (Wildman–Crippen LogP) is 2.84. The third-order valence-corrected chi connectivity index (χ3v) is 3.59. The number of hydrogen-bond donors (Lipinski definition) is 1. The molecule has 0 aliphatic rings. The highest BCUT2D eigenvalue weighted by atomic mass is 16.5. The van der Waals surface area contributed by atoms with Crippen molar-refractivity contribution in [1.82, 2.24) is 15.1 Å². The molecule has 20 heavy (non-hydrogen) atoms. The van der Waals surface area contributed by atoms with Crippen LogP contribution in [0.3, 0.4) is 0 Å². The number of nitrogens with one attached hydrogen (secondary N) is 1.